The predicted molar refractivity (Wildman–Crippen MR) is 127 cm³/mol. The van der Waals surface area contributed by atoms with Crippen molar-refractivity contribution in [2.24, 2.45) is 5.41 Å². The Morgan fingerprint density at radius 1 is 1.03 bits per heavy atom. The number of aromatic nitrogens is 2. The lowest BCUT2D eigenvalue weighted by Crippen LogP contribution is -2.52. The molecule has 2 fully saturated rings. The SMILES string of the molecule is O=C(C[C@@]1(COc2cccc(Cl)c2)CCCN(C(=O)Cn2ccc(C(F)(F)F)n2)C1)N1CCCCC1. The number of halogens is 4. The molecule has 0 bridgehead atoms. The smallest absolute Gasteiger partial charge is 0.435 e. The summed E-state index contributed by atoms with van der Waals surface area (Å²) in [6, 6.07) is 7.85. The quantitative estimate of drug-likeness (QED) is 0.527. The number of hydrogen-bond donors (Lipinski definition) is 0. The summed E-state index contributed by atoms with van der Waals surface area (Å²) in [6.45, 7) is 2.11. The topological polar surface area (TPSA) is 67.7 Å². The number of rotatable bonds is 7. The Morgan fingerprint density at radius 2 is 1.78 bits per heavy atom. The van der Waals surface area contributed by atoms with Crippen LogP contribution in [0.15, 0.2) is 36.5 Å². The number of amides is 2. The highest BCUT2D eigenvalue weighted by molar-refractivity contribution is 6.30. The number of carbonyl (C=O) groups excluding carboxylic acids is 2. The lowest BCUT2D eigenvalue weighted by atomic mass is 9.77. The average molecular weight is 527 g/mol. The first-order valence-corrected chi connectivity index (χ1v) is 12.6. The highest BCUT2D eigenvalue weighted by Crippen LogP contribution is 2.36. The molecule has 4 rings (SSSR count). The lowest BCUT2D eigenvalue weighted by molar-refractivity contribution is -0.143. The van der Waals surface area contributed by atoms with Gasteiger partial charge in [0, 0.05) is 49.2 Å². The number of alkyl halides is 3. The van der Waals surface area contributed by atoms with Gasteiger partial charge in [-0.15, -0.1) is 0 Å². The van der Waals surface area contributed by atoms with Crippen molar-refractivity contribution in [2.45, 2.75) is 51.2 Å². The fraction of sp³-hybridized carbons (Fsp3) is 0.560. The maximum Gasteiger partial charge on any atom is 0.435 e. The Bertz CT molecular complexity index is 1070. The molecule has 11 heteroatoms. The van der Waals surface area contributed by atoms with Gasteiger partial charge in [0.05, 0.1) is 6.61 Å². The Morgan fingerprint density at radius 3 is 2.47 bits per heavy atom. The minimum absolute atomic E-state index is 0.0422. The third-order valence-corrected chi connectivity index (χ3v) is 7.05. The zero-order chi connectivity index (χ0) is 25.8. The van der Waals surface area contributed by atoms with E-state index >= 15 is 0 Å². The van der Waals surface area contributed by atoms with E-state index in [1.807, 2.05) is 4.90 Å². The summed E-state index contributed by atoms with van der Waals surface area (Å²) in [7, 11) is 0. The molecule has 0 unspecified atom stereocenters. The van der Waals surface area contributed by atoms with Crippen molar-refractivity contribution in [3.05, 3.63) is 47.2 Å². The normalized spacial score (nSPS) is 20.9. The molecule has 0 aliphatic carbocycles. The van der Waals surface area contributed by atoms with Crippen LogP contribution in [0.5, 0.6) is 5.75 Å². The molecule has 2 aliphatic heterocycles. The number of hydrogen-bond acceptors (Lipinski definition) is 4. The molecular weight excluding hydrogens is 497 g/mol. The summed E-state index contributed by atoms with van der Waals surface area (Å²) in [5.41, 5.74) is -1.66. The number of nitrogens with zero attached hydrogens (tertiary/aromatic N) is 4. The van der Waals surface area contributed by atoms with E-state index in [-0.39, 0.29) is 37.9 Å². The van der Waals surface area contributed by atoms with Gasteiger partial charge in [-0.1, -0.05) is 17.7 Å². The molecule has 1 aromatic carbocycles. The largest absolute Gasteiger partial charge is 0.493 e. The van der Waals surface area contributed by atoms with Crippen LogP contribution in [0.3, 0.4) is 0 Å². The van der Waals surface area contributed by atoms with Crippen LogP contribution in [0.2, 0.25) is 5.02 Å². The van der Waals surface area contributed by atoms with Gasteiger partial charge in [0.25, 0.3) is 0 Å². The van der Waals surface area contributed by atoms with Gasteiger partial charge in [-0.2, -0.15) is 18.3 Å². The fourth-order valence-electron chi connectivity index (χ4n) is 4.94. The molecule has 2 aliphatic rings. The maximum absolute atomic E-state index is 13.2. The highest BCUT2D eigenvalue weighted by atomic mass is 35.5. The number of piperidine rings is 2. The zero-order valence-electron chi connectivity index (χ0n) is 20.0. The average Bonchev–Trinajstić information content (AvgIpc) is 3.33. The Kier molecular flexibility index (Phi) is 8.12. The van der Waals surface area contributed by atoms with Crippen molar-refractivity contribution in [1.29, 1.82) is 0 Å². The first-order chi connectivity index (χ1) is 17.1. The molecule has 36 heavy (non-hydrogen) atoms. The molecule has 1 aromatic heterocycles. The molecule has 2 saturated heterocycles. The molecule has 0 radical (unpaired) electrons. The van der Waals surface area contributed by atoms with Crippen LogP contribution in [-0.4, -0.2) is 64.2 Å². The summed E-state index contributed by atoms with van der Waals surface area (Å²) in [5, 5.41) is 4.02. The van der Waals surface area contributed by atoms with Crippen LogP contribution in [-0.2, 0) is 22.3 Å². The van der Waals surface area contributed by atoms with Gasteiger partial charge in [0.2, 0.25) is 11.8 Å². The number of benzene rings is 1. The molecule has 7 nitrogen and oxygen atoms in total. The minimum Gasteiger partial charge on any atom is -0.493 e. The summed E-state index contributed by atoms with van der Waals surface area (Å²) in [5.74, 6) is 0.275. The Hall–Kier alpha value is -2.75. The van der Waals surface area contributed by atoms with Crippen molar-refractivity contribution in [3.63, 3.8) is 0 Å². The summed E-state index contributed by atoms with van der Waals surface area (Å²) < 4.78 is 45.7. The van der Waals surface area contributed by atoms with Gasteiger partial charge >= 0.3 is 6.18 Å². The molecule has 196 valence electrons. The van der Waals surface area contributed by atoms with E-state index in [2.05, 4.69) is 5.10 Å². The monoisotopic (exact) mass is 526 g/mol. The predicted octanol–water partition coefficient (Wildman–Crippen LogP) is 4.65. The summed E-state index contributed by atoms with van der Waals surface area (Å²) >= 11 is 6.09. The highest BCUT2D eigenvalue weighted by Gasteiger charge is 2.41. The van der Waals surface area contributed by atoms with E-state index in [1.165, 1.54) is 0 Å². The number of carbonyl (C=O) groups is 2. The van der Waals surface area contributed by atoms with Gasteiger partial charge in [-0.3, -0.25) is 14.3 Å². The summed E-state index contributed by atoms with van der Waals surface area (Å²) in [6.07, 6.45) is 1.23. The number of ether oxygens (including phenoxy) is 1. The van der Waals surface area contributed by atoms with Crippen LogP contribution in [0, 0.1) is 5.41 Å². The van der Waals surface area contributed by atoms with E-state index in [4.69, 9.17) is 16.3 Å². The van der Waals surface area contributed by atoms with E-state index < -0.39 is 17.3 Å². The van der Waals surface area contributed by atoms with Crippen molar-refractivity contribution < 1.29 is 27.5 Å². The lowest BCUT2D eigenvalue weighted by Gasteiger charge is -2.43. The fourth-order valence-corrected chi connectivity index (χ4v) is 5.12. The second kappa shape index (κ2) is 11.1. The van der Waals surface area contributed by atoms with Gasteiger partial charge in [0.1, 0.15) is 12.3 Å². The molecule has 2 amide bonds. The summed E-state index contributed by atoms with van der Waals surface area (Å²) in [4.78, 5) is 29.8. The first kappa shape index (κ1) is 26.3. The van der Waals surface area contributed by atoms with Crippen LogP contribution >= 0.6 is 11.6 Å². The first-order valence-electron chi connectivity index (χ1n) is 12.2. The van der Waals surface area contributed by atoms with Crippen molar-refractivity contribution >= 4 is 23.4 Å². The van der Waals surface area contributed by atoms with Crippen molar-refractivity contribution in [3.8, 4) is 5.75 Å². The van der Waals surface area contributed by atoms with Crippen LogP contribution in [0.4, 0.5) is 13.2 Å². The molecular formula is C25H30ClF3N4O3. The van der Waals surface area contributed by atoms with E-state index in [9.17, 15) is 22.8 Å². The Balaban J connectivity index is 1.48. The molecule has 0 saturated carbocycles. The number of likely N-dealkylation sites (tertiary alicyclic amines) is 2. The van der Waals surface area contributed by atoms with Crippen molar-refractivity contribution in [1.82, 2.24) is 19.6 Å². The standard InChI is InChI=1S/C25H30ClF3N4O3/c26-19-6-4-7-20(14-19)36-18-24(15-22(34)31-10-2-1-3-11-31)9-5-12-32(17-24)23(35)16-33-13-8-21(30-33)25(27,28)29/h4,6-8,13-14H,1-3,5,9-12,15-18H2/t24-/m0/s1. The minimum atomic E-state index is -4.57. The Labute approximate surface area is 213 Å². The molecule has 1 atom stereocenters. The van der Waals surface area contributed by atoms with Gasteiger partial charge in [0.15, 0.2) is 5.69 Å². The second-order valence-corrected chi connectivity index (χ2v) is 10.1. The van der Waals surface area contributed by atoms with Crippen LogP contribution in [0.1, 0.15) is 44.2 Å². The molecule has 0 N–H and O–H groups in total. The second-order valence-electron chi connectivity index (χ2n) is 9.68. The van der Waals surface area contributed by atoms with Gasteiger partial charge in [-0.25, -0.2) is 0 Å². The third kappa shape index (κ3) is 6.72. The molecule has 2 aromatic rings. The van der Waals surface area contributed by atoms with E-state index in [0.29, 0.717) is 30.2 Å². The van der Waals surface area contributed by atoms with Gasteiger partial charge < -0.3 is 14.5 Å². The third-order valence-electron chi connectivity index (χ3n) is 6.82. The van der Waals surface area contributed by atoms with Crippen LogP contribution in [0.25, 0.3) is 0 Å². The van der Waals surface area contributed by atoms with E-state index in [0.717, 1.165) is 49.3 Å². The van der Waals surface area contributed by atoms with E-state index in [1.54, 1.807) is 29.2 Å². The van der Waals surface area contributed by atoms with Gasteiger partial charge in [-0.05, 0) is 56.4 Å². The maximum atomic E-state index is 13.2. The molecule has 0 spiro atoms. The van der Waals surface area contributed by atoms with Crippen molar-refractivity contribution in [2.75, 3.05) is 32.8 Å². The zero-order valence-corrected chi connectivity index (χ0v) is 20.7. The molecule has 3 heterocycles. The van der Waals surface area contributed by atoms with Crippen LogP contribution < -0.4 is 4.74 Å².